The third-order valence-corrected chi connectivity index (χ3v) is 7.72. The Labute approximate surface area is 289 Å². The number of carbonyl (C=O) groups excluding carboxylic acids is 2. The number of allylic oxidation sites excluding steroid dienone is 12. The van der Waals surface area contributed by atoms with Gasteiger partial charge in [-0.2, -0.15) is 0 Å². The molecule has 268 valence electrons. The predicted molar refractivity (Wildman–Crippen MR) is 200 cm³/mol. The highest BCUT2D eigenvalue weighted by atomic mass is 16.6. The van der Waals surface area contributed by atoms with E-state index in [-0.39, 0.29) is 25.2 Å². The highest BCUT2D eigenvalue weighted by Crippen LogP contribution is 2.10. The molecular formula is C42H70O5. The van der Waals surface area contributed by atoms with E-state index in [1.807, 2.05) is 0 Å². The Bertz CT molecular complexity index is 879. The van der Waals surface area contributed by atoms with E-state index in [0.717, 1.165) is 77.0 Å². The highest BCUT2D eigenvalue weighted by molar-refractivity contribution is 5.70. The van der Waals surface area contributed by atoms with Crippen molar-refractivity contribution in [1.82, 2.24) is 0 Å². The summed E-state index contributed by atoms with van der Waals surface area (Å²) in [6.07, 6.45) is 49.5. The average Bonchev–Trinajstić information content (AvgIpc) is 3.07. The molecule has 47 heavy (non-hydrogen) atoms. The summed E-state index contributed by atoms with van der Waals surface area (Å²) in [6.45, 7) is 4.01. The molecule has 0 unspecified atom stereocenters. The molecule has 0 aliphatic carbocycles. The van der Waals surface area contributed by atoms with Crippen LogP contribution in [0.4, 0.5) is 0 Å². The zero-order valence-corrected chi connectivity index (χ0v) is 30.3. The minimum Gasteiger partial charge on any atom is -0.462 e. The van der Waals surface area contributed by atoms with E-state index in [1.165, 1.54) is 57.8 Å². The van der Waals surface area contributed by atoms with Crippen molar-refractivity contribution in [3.8, 4) is 0 Å². The highest BCUT2D eigenvalue weighted by Gasteiger charge is 2.16. The van der Waals surface area contributed by atoms with Gasteiger partial charge in [-0.05, 0) is 83.5 Å². The number of aliphatic hydroxyl groups is 1. The fraction of sp³-hybridized carbons (Fsp3) is 0.667. The maximum absolute atomic E-state index is 12.1. The number of esters is 2. The Morgan fingerprint density at radius 1 is 0.489 bits per heavy atom. The van der Waals surface area contributed by atoms with Crippen LogP contribution in [0.5, 0.6) is 0 Å². The van der Waals surface area contributed by atoms with Crippen molar-refractivity contribution < 1.29 is 24.2 Å². The molecule has 0 aromatic carbocycles. The van der Waals surface area contributed by atoms with Crippen LogP contribution in [0.1, 0.15) is 162 Å². The van der Waals surface area contributed by atoms with Gasteiger partial charge in [-0.3, -0.25) is 9.59 Å². The van der Waals surface area contributed by atoms with E-state index in [2.05, 4.69) is 86.8 Å². The summed E-state index contributed by atoms with van der Waals surface area (Å²) < 4.78 is 10.6. The number of aliphatic hydroxyl groups excluding tert-OH is 1. The summed E-state index contributed by atoms with van der Waals surface area (Å²) in [7, 11) is 0. The van der Waals surface area contributed by atoms with Gasteiger partial charge < -0.3 is 14.6 Å². The summed E-state index contributed by atoms with van der Waals surface area (Å²) in [4.78, 5) is 24.2. The average molecular weight is 655 g/mol. The van der Waals surface area contributed by atoms with E-state index in [1.54, 1.807) is 0 Å². The predicted octanol–water partition coefficient (Wildman–Crippen LogP) is 11.8. The quantitative estimate of drug-likeness (QED) is 0.0433. The van der Waals surface area contributed by atoms with Crippen LogP contribution < -0.4 is 0 Å². The number of carbonyl (C=O) groups is 2. The number of rotatable bonds is 33. The zero-order valence-electron chi connectivity index (χ0n) is 30.3. The first-order valence-corrected chi connectivity index (χ1v) is 19.0. The van der Waals surface area contributed by atoms with Crippen LogP contribution in [0.2, 0.25) is 0 Å². The van der Waals surface area contributed by atoms with Crippen molar-refractivity contribution in [3.63, 3.8) is 0 Å². The Hall–Kier alpha value is -2.66. The summed E-state index contributed by atoms with van der Waals surface area (Å²) in [6, 6.07) is 0. The first kappa shape index (κ1) is 44.3. The monoisotopic (exact) mass is 655 g/mol. The second-order valence-electron chi connectivity index (χ2n) is 12.3. The molecule has 0 saturated carbocycles. The molecule has 1 N–H and O–H groups in total. The van der Waals surface area contributed by atoms with Gasteiger partial charge in [0.25, 0.3) is 0 Å². The van der Waals surface area contributed by atoms with Gasteiger partial charge in [-0.1, -0.05) is 138 Å². The minimum atomic E-state index is -0.796. The van der Waals surface area contributed by atoms with Crippen molar-refractivity contribution in [2.75, 3.05) is 13.2 Å². The minimum absolute atomic E-state index is 0.0900. The molecule has 0 aromatic rings. The van der Waals surface area contributed by atoms with Crippen LogP contribution in [-0.2, 0) is 19.1 Å². The van der Waals surface area contributed by atoms with E-state index in [9.17, 15) is 14.7 Å². The molecule has 0 radical (unpaired) electrons. The molecule has 0 fully saturated rings. The van der Waals surface area contributed by atoms with Gasteiger partial charge in [0.15, 0.2) is 6.10 Å². The molecule has 0 saturated heterocycles. The standard InChI is InChI=1S/C42H70O5/c1-3-5-7-9-11-13-15-17-19-20-21-22-23-25-27-29-31-33-35-37-42(45)47-40(38-43)39-46-41(44)36-34-32-30-28-26-24-18-16-14-12-10-8-6-4-2/h10-13,16-19,21-22,25,27,40,43H,3-9,14-15,20,23-24,26,28-39H2,1-2H3/b12-10+,13-11+,18-16+,19-17+,22-21+,27-25+/t40-/m0/s1. The molecule has 0 aliphatic rings. The van der Waals surface area contributed by atoms with Crippen molar-refractivity contribution in [2.24, 2.45) is 0 Å². The second-order valence-corrected chi connectivity index (χ2v) is 12.3. The number of hydrogen-bond donors (Lipinski definition) is 1. The van der Waals surface area contributed by atoms with E-state index in [4.69, 9.17) is 9.47 Å². The van der Waals surface area contributed by atoms with E-state index in [0.29, 0.717) is 12.8 Å². The van der Waals surface area contributed by atoms with Gasteiger partial charge in [0.1, 0.15) is 6.61 Å². The third-order valence-electron chi connectivity index (χ3n) is 7.72. The maximum atomic E-state index is 12.1. The molecule has 1 atom stereocenters. The lowest BCUT2D eigenvalue weighted by Gasteiger charge is -2.15. The first-order valence-electron chi connectivity index (χ1n) is 19.0. The molecule has 5 heteroatoms. The zero-order chi connectivity index (χ0) is 34.3. The van der Waals surface area contributed by atoms with Crippen LogP contribution >= 0.6 is 0 Å². The van der Waals surface area contributed by atoms with Crippen LogP contribution in [0.15, 0.2) is 72.9 Å². The lowest BCUT2D eigenvalue weighted by atomic mass is 10.1. The topological polar surface area (TPSA) is 72.8 Å². The molecule has 0 aliphatic heterocycles. The van der Waals surface area contributed by atoms with Crippen molar-refractivity contribution >= 4 is 11.9 Å². The fourth-order valence-electron chi connectivity index (χ4n) is 4.79. The molecule has 0 spiro atoms. The summed E-state index contributed by atoms with van der Waals surface area (Å²) in [5.41, 5.74) is 0. The second kappa shape index (κ2) is 37.8. The van der Waals surface area contributed by atoms with Crippen molar-refractivity contribution in [2.45, 2.75) is 168 Å². The Morgan fingerprint density at radius 3 is 1.36 bits per heavy atom. The maximum Gasteiger partial charge on any atom is 0.306 e. The van der Waals surface area contributed by atoms with Crippen LogP contribution in [0.25, 0.3) is 0 Å². The summed E-state index contributed by atoms with van der Waals surface area (Å²) >= 11 is 0. The van der Waals surface area contributed by atoms with Crippen LogP contribution in [0.3, 0.4) is 0 Å². The summed E-state index contributed by atoms with van der Waals surface area (Å²) in [5, 5.41) is 9.54. The Balaban J connectivity index is 3.69. The van der Waals surface area contributed by atoms with Gasteiger partial charge in [0.05, 0.1) is 6.61 Å². The number of unbranched alkanes of at least 4 members (excludes halogenated alkanes) is 13. The number of hydrogen-bond acceptors (Lipinski definition) is 5. The van der Waals surface area contributed by atoms with Gasteiger partial charge in [-0.25, -0.2) is 0 Å². The molecule has 5 nitrogen and oxygen atoms in total. The van der Waals surface area contributed by atoms with Crippen molar-refractivity contribution in [1.29, 1.82) is 0 Å². The molecule has 0 aromatic heterocycles. The number of ether oxygens (including phenoxy) is 2. The lowest BCUT2D eigenvalue weighted by Crippen LogP contribution is -2.28. The Morgan fingerprint density at radius 2 is 0.872 bits per heavy atom. The molecule has 0 amide bonds. The smallest absolute Gasteiger partial charge is 0.306 e. The molecular weight excluding hydrogens is 584 g/mol. The lowest BCUT2D eigenvalue weighted by molar-refractivity contribution is -0.161. The van der Waals surface area contributed by atoms with Gasteiger partial charge >= 0.3 is 11.9 Å². The van der Waals surface area contributed by atoms with Crippen LogP contribution in [-0.4, -0.2) is 36.4 Å². The first-order chi connectivity index (χ1) is 23.1. The van der Waals surface area contributed by atoms with Gasteiger partial charge in [0, 0.05) is 12.8 Å². The van der Waals surface area contributed by atoms with Crippen LogP contribution in [0, 0.1) is 0 Å². The van der Waals surface area contributed by atoms with E-state index < -0.39 is 6.10 Å². The molecule has 0 rings (SSSR count). The normalized spacial score (nSPS) is 13.0. The Kier molecular flexibility index (Phi) is 35.7. The largest absolute Gasteiger partial charge is 0.462 e. The molecule has 0 heterocycles. The SMILES string of the molecule is CCCC/C=C/C/C=C/CCCCCCCC(=O)OC[C@H](CO)OC(=O)CCCCC/C=C/C/C=C/C/C=C/C/C=C/CCCCC. The molecule has 0 bridgehead atoms. The third kappa shape index (κ3) is 36.0. The van der Waals surface area contributed by atoms with E-state index >= 15 is 0 Å². The van der Waals surface area contributed by atoms with Crippen molar-refractivity contribution in [3.05, 3.63) is 72.9 Å². The van der Waals surface area contributed by atoms with Gasteiger partial charge in [-0.15, -0.1) is 0 Å². The summed E-state index contributed by atoms with van der Waals surface area (Å²) in [5.74, 6) is -0.651. The van der Waals surface area contributed by atoms with Gasteiger partial charge in [0.2, 0.25) is 0 Å². The fourth-order valence-corrected chi connectivity index (χ4v) is 4.79.